The van der Waals surface area contributed by atoms with Crippen molar-refractivity contribution >= 4 is 17.8 Å². The number of hydrogen-bond acceptors (Lipinski definition) is 5. The number of anilines is 1. The summed E-state index contributed by atoms with van der Waals surface area (Å²) >= 11 is 0. The van der Waals surface area contributed by atoms with Crippen molar-refractivity contribution in [1.29, 1.82) is 0 Å². The summed E-state index contributed by atoms with van der Waals surface area (Å²) in [6.45, 7) is 4.00. The quantitative estimate of drug-likeness (QED) is 0.529. The number of rotatable bonds is 4. The summed E-state index contributed by atoms with van der Waals surface area (Å²) in [5, 5.41) is 3.07. The number of nitrogens with zero attached hydrogens (tertiary/aromatic N) is 2. The van der Waals surface area contributed by atoms with E-state index in [1.165, 1.54) is 17.6 Å². The van der Waals surface area contributed by atoms with Gasteiger partial charge < -0.3 is 5.32 Å². The number of alkyl halides is 3. The van der Waals surface area contributed by atoms with Crippen LogP contribution in [0.1, 0.15) is 42.6 Å². The number of nitrogens with one attached hydrogen (secondary N) is 3. The summed E-state index contributed by atoms with van der Waals surface area (Å²) in [5.74, 6) is -3.51. The van der Waals surface area contributed by atoms with E-state index >= 15 is 0 Å². The van der Waals surface area contributed by atoms with Crippen molar-refractivity contribution in [1.82, 2.24) is 20.8 Å². The van der Waals surface area contributed by atoms with Gasteiger partial charge in [-0.15, -0.1) is 0 Å². The standard InChI is InChI=1S/C16H13F4N5O2.C2H6/c17-11-3-1-2-10(6-11)15(4-5-15)23-14-21-7-9(8-22-14)12(26)24-25-13(27)16(18,19)20;1-2/h1-3,6-8H,4-5H2,(H,24,26)(H,25,27)(H,21,22,23);1-2H3. The Labute approximate surface area is 163 Å². The molecule has 1 aliphatic rings. The maximum absolute atomic E-state index is 13.4. The smallest absolute Gasteiger partial charge is 0.345 e. The zero-order valence-electron chi connectivity index (χ0n) is 15.6. The lowest BCUT2D eigenvalue weighted by Crippen LogP contribution is -2.47. The number of aromatic nitrogens is 2. The van der Waals surface area contributed by atoms with Crippen molar-refractivity contribution in [3.05, 3.63) is 53.6 Å². The fourth-order valence-corrected chi connectivity index (χ4v) is 2.38. The topological polar surface area (TPSA) is 96.0 Å². The Balaban J connectivity index is 0.00000145. The molecule has 1 aromatic carbocycles. The Bertz CT molecular complexity index is 867. The highest BCUT2D eigenvalue weighted by Crippen LogP contribution is 2.47. The van der Waals surface area contributed by atoms with Gasteiger partial charge in [0, 0.05) is 12.4 Å². The molecule has 7 nitrogen and oxygen atoms in total. The van der Waals surface area contributed by atoms with Gasteiger partial charge in [-0.2, -0.15) is 13.2 Å². The van der Waals surface area contributed by atoms with Crippen LogP contribution in [-0.2, 0) is 10.3 Å². The summed E-state index contributed by atoms with van der Waals surface area (Å²) in [4.78, 5) is 30.2. The van der Waals surface area contributed by atoms with Gasteiger partial charge in [0.1, 0.15) is 5.82 Å². The van der Waals surface area contributed by atoms with Crippen LogP contribution in [0, 0.1) is 5.82 Å². The largest absolute Gasteiger partial charge is 0.472 e. The summed E-state index contributed by atoms with van der Waals surface area (Å²) in [7, 11) is 0. The van der Waals surface area contributed by atoms with Crippen molar-refractivity contribution in [2.24, 2.45) is 0 Å². The van der Waals surface area contributed by atoms with E-state index in [2.05, 4.69) is 15.3 Å². The summed E-state index contributed by atoms with van der Waals surface area (Å²) in [6.07, 6.45) is -1.46. The number of benzene rings is 1. The molecule has 0 saturated heterocycles. The highest BCUT2D eigenvalue weighted by atomic mass is 19.4. The molecule has 0 unspecified atom stereocenters. The monoisotopic (exact) mass is 413 g/mol. The number of hydrazine groups is 1. The zero-order chi connectivity index (χ0) is 21.7. The van der Waals surface area contributed by atoms with Gasteiger partial charge in [0.05, 0.1) is 11.1 Å². The van der Waals surface area contributed by atoms with Crippen molar-refractivity contribution in [2.75, 3.05) is 5.32 Å². The molecule has 1 saturated carbocycles. The molecule has 3 N–H and O–H groups in total. The molecular formula is C18H19F4N5O2. The first-order valence-electron chi connectivity index (χ1n) is 8.73. The number of hydrogen-bond donors (Lipinski definition) is 3. The Kier molecular flexibility index (Phi) is 6.72. The number of carbonyl (C=O) groups is 2. The predicted octanol–water partition coefficient (Wildman–Crippen LogP) is 3.07. The van der Waals surface area contributed by atoms with Gasteiger partial charge in [0.2, 0.25) is 5.95 Å². The fraction of sp³-hybridized carbons (Fsp3) is 0.333. The number of carbonyl (C=O) groups excluding carboxylic acids is 2. The SMILES string of the molecule is CC.O=C(NNC(=O)C(F)(F)F)c1cnc(NC2(c3cccc(F)c3)CC2)nc1. The molecule has 0 spiro atoms. The van der Waals surface area contributed by atoms with Gasteiger partial charge in [-0.05, 0) is 30.5 Å². The third kappa shape index (κ3) is 5.62. The normalized spacial score (nSPS) is 14.1. The van der Waals surface area contributed by atoms with Gasteiger partial charge in [0.15, 0.2) is 0 Å². The number of amides is 2. The van der Waals surface area contributed by atoms with Crippen LogP contribution in [0.5, 0.6) is 0 Å². The van der Waals surface area contributed by atoms with Gasteiger partial charge >= 0.3 is 12.1 Å². The molecule has 156 valence electrons. The van der Waals surface area contributed by atoms with Gasteiger partial charge in [-0.3, -0.25) is 20.4 Å². The lowest BCUT2D eigenvalue weighted by molar-refractivity contribution is -0.174. The van der Waals surface area contributed by atoms with Crippen LogP contribution in [0.4, 0.5) is 23.5 Å². The minimum absolute atomic E-state index is 0.154. The lowest BCUT2D eigenvalue weighted by Gasteiger charge is -2.18. The molecule has 0 radical (unpaired) electrons. The molecule has 0 aliphatic heterocycles. The van der Waals surface area contributed by atoms with Gasteiger partial charge in [0.25, 0.3) is 5.91 Å². The Hall–Kier alpha value is -3.24. The van der Waals surface area contributed by atoms with Crippen LogP contribution >= 0.6 is 0 Å². The zero-order valence-corrected chi connectivity index (χ0v) is 15.6. The molecule has 3 rings (SSSR count). The third-order valence-corrected chi connectivity index (χ3v) is 3.94. The molecule has 2 amide bonds. The third-order valence-electron chi connectivity index (χ3n) is 3.94. The van der Waals surface area contributed by atoms with Crippen molar-refractivity contribution in [2.45, 2.75) is 38.4 Å². The first kappa shape index (κ1) is 22.1. The van der Waals surface area contributed by atoms with Gasteiger partial charge in [-0.25, -0.2) is 14.4 Å². The molecule has 11 heteroatoms. The Morgan fingerprint density at radius 2 is 1.69 bits per heavy atom. The lowest BCUT2D eigenvalue weighted by atomic mass is 10.1. The van der Waals surface area contributed by atoms with Crippen LogP contribution in [0.25, 0.3) is 0 Å². The Morgan fingerprint density at radius 1 is 1.07 bits per heavy atom. The van der Waals surface area contributed by atoms with Crippen LogP contribution < -0.4 is 16.2 Å². The van der Waals surface area contributed by atoms with E-state index in [4.69, 9.17) is 0 Å². The van der Waals surface area contributed by atoms with Crippen molar-refractivity contribution in [3.8, 4) is 0 Å². The number of halogens is 4. The molecule has 1 aromatic heterocycles. The van der Waals surface area contributed by atoms with Crippen molar-refractivity contribution < 1.29 is 27.2 Å². The summed E-state index contributed by atoms with van der Waals surface area (Å²) in [6, 6.07) is 6.11. The average Bonchev–Trinajstić information content (AvgIpc) is 3.48. The first-order chi connectivity index (χ1) is 13.7. The second-order valence-corrected chi connectivity index (χ2v) is 5.92. The van der Waals surface area contributed by atoms with Crippen molar-refractivity contribution in [3.63, 3.8) is 0 Å². The van der Waals surface area contributed by atoms with Crippen LogP contribution in [0.2, 0.25) is 0 Å². The van der Waals surface area contributed by atoms with E-state index in [1.807, 2.05) is 13.8 Å². The predicted molar refractivity (Wildman–Crippen MR) is 96.0 cm³/mol. The maximum Gasteiger partial charge on any atom is 0.472 e. The van der Waals surface area contributed by atoms with E-state index in [9.17, 15) is 27.2 Å². The molecule has 1 aliphatic carbocycles. The van der Waals surface area contributed by atoms with Gasteiger partial charge in [-0.1, -0.05) is 26.0 Å². The second-order valence-electron chi connectivity index (χ2n) is 5.92. The molecule has 0 atom stereocenters. The molecule has 1 heterocycles. The Morgan fingerprint density at radius 3 is 2.21 bits per heavy atom. The highest BCUT2D eigenvalue weighted by Gasteiger charge is 2.45. The molecule has 0 bridgehead atoms. The van der Waals surface area contributed by atoms with Crippen LogP contribution in [0.15, 0.2) is 36.7 Å². The van der Waals surface area contributed by atoms with E-state index in [0.29, 0.717) is 0 Å². The second kappa shape index (κ2) is 8.84. The minimum atomic E-state index is -5.12. The van der Waals surface area contributed by atoms with E-state index in [0.717, 1.165) is 30.8 Å². The van der Waals surface area contributed by atoms with E-state index in [-0.39, 0.29) is 17.3 Å². The van der Waals surface area contributed by atoms with E-state index in [1.54, 1.807) is 17.6 Å². The molecule has 1 fully saturated rings. The summed E-state index contributed by atoms with van der Waals surface area (Å²) in [5.41, 5.74) is 2.95. The fourth-order valence-electron chi connectivity index (χ4n) is 2.38. The van der Waals surface area contributed by atoms with E-state index < -0.39 is 23.5 Å². The summed E-state index contributed by atoms with van der Waals surface area (Å²) < 4.78 is 49.6. The average molecular weight is 413 g/mol. The first-order valence-corrected chi connectivity index (χ1v) is 8.73. The van der Waals surface area contributed by atoms with Crippen LogP contribution in [-0.4, -0.2) is 28.0 Å². The molecular weight excluding hydrogens is 394 g/mol. The van der Waals surface area contributed by atoms with Crippen LogP contribution in [0.3, 0.4) is 0 Å². The molecule has 29 heavy (non-hydrogen) atoms. The minimum Gasteiger partial charge on any atom is -0.345 e. The molecule has 2 aromatic rings. The highest BCUT2D eigenvalue weighted by molar-refractivity contribution is 5.95. The maximum atomic E-state index is 13.4.